The molecule has 0 fully saturated rings. The molecule has 0 aliphatic heterocycles. The molecule has 1 amide bonds. The first-order valence-corrected chi connectivity index (χ1v) is 9.19. The number of amides is 1. The lowest BCUT2D eigenvalue weighted by Crippen LogP contribution is -2.33. The quantitative estimate of drug-likeness (QED) is 0.369. The average molecular weight is 480 g/mol. The highest BCUT2D eigenvalue weighted by atomic mass is 79.9. The number of carbonyl (C=O) groups excluding carboxylic acids is 1. The largest absolute Gasteiger partial charge is 0.480 e. The van der Waals surface area contributed by atoms with E-state index >= 15 is 0 Å². The normalized spacial score (nSPS) is 11.6. The SMILES string of the molecule is C#CCOc1ccc(Br)cc1/C=N\NC(=O)[C@@H](C)Oc1ccccc1Br. The number of hydrogen-bond acceptors (Lipinski definition) is 4. The highest BCUT2D eigenvalue weighted by molar-refractivity contribution is 9.10. The van der Waals surface area contributed by atoms with Gasteiger partial charge in [-0.2, -0.15) is 5.10 Å². The van der Waals surface area contributed by atoms with Gasteiger partial charge in [0, 0.05) is 10.0 Å². The van der Waals surface area contributed by atoms with Gasteiger partial charge >= 0.3 is 0 Å². The van der Waals surface area contributed by atoms with Gasteiger partial charge in [0.15, 0.2) is 6.10 Å². The van der Waals surface area contributed by atoms with Crippen LogP contribution in [0.25, 0.3) is 0 Å². The van der Waals surface area contributed by atoms with Crippen molar-refractivity contribution in [3.05, 3.63) is 57.0 Å². The van der Waals surface area contributed by atoms with E-state index in [-0.39, 0.29) is 12.5 Å². The molecule has 1 atom stereocenters. The van der Waals surface area contributed by atoms with Gasteiger partial charge in [0.25, 0.3) is 5.91 Å². The number of nitrogens with one attached hydrogen (secondary N) is 1. The Bertz CT molecular complexity index is 847. The van der Waals surface area contributed by atoms with Crippen LogP contribution < -0.4 is 14.9 Å². The lowest BCUT2D eigenvalue weighted by molar-refractivity contribution is -0.127. The second kappa shape index (κ2) is 10.00. The minimum atomic E-state index is -0.717. The van der Waals surface area contributed by atoms with Crippen molar-refractivity contribution in [2.24, 2.45) is 5.10 Å². The number of carbonyl (C=O) groups is 1. The van der Waals surface area contributed by atoms with Crippen molar-refractivity contribution in [2.75, 3.05) is 6.61 Å². The number of rotatable bonds is 7. The molecular weight excluding hydrogens is 464 g/mol. The summed E-state index contributed by atoms with van der Waals surface area (Å²) in [6, 6.07) is 12.7. The lowest BCUT2D eigenvalue weighted by Gasteiger charge is -2.14. The Kier molecular flexibility index (Phi) is 7.70. The minimum Gasteiger partial charge on any atom is -0.480 e. The van der Waals surface area contributed by atoms with Gasteiger partial charge < -0.3 is 9.47 Å². The first-order valence-electron chi connectivity index (χ1n) is 7.61. The van der Waals surface area contributed by atoms with E-state index in [1.54, 1.807) is 19.1 Å². The number of hydrogen-bond donors (Lipinski definition) is 1. The number of halogens is 2. The number of ether oxygens (including phenoxy) is 2. The van der Waals surface area contributed by atoms with Gasteiger partial charge in [-0.1, -0.05) is 34.0 Å². The fraction of sp³-hybridized carbons (Fsp3) is 0.158. The molecule has 0 spiro atoms. The molecule has 2 aromatic rings. The fourth-order valence-corrected chi connectivity index (χ4v) is 2.67. The van der Waals surface area contributed by atoms with Crippen molar-refractivity contribution in [3.63, 3.8) is 0 Å². The Hall–Kier alpha value is -2.30. The third-order valence-corrected chi connectivity index (χ3v) is 4.32. The van der Waals surface area contributed by atoms with Crippen LogP contribution in [0.5, 0.6) is 11.5 Å². The van der Waals surface area contributed by atoms with E-state index in [0.717, 1.165) is 8.95 Å². The number of benzene rings is 2. The number of terminal acetylenes is 1. The Balaban J connectivity index is 1.99. The van der Waals surface area contributed by atoms with Crippen molar-refractivity contribution in [1.82, 2.24) is 5.43 Å². The van der Waals surface area contributed by atoms with Gasteiger partial charge in [-0.15, -0.1) is 6.42 Å². The zero-order chi connectivity index (χ0) is 18.9. The molecule has 0 saturated carbocycles. The molecule has 0 saturated heterocycles. The molecule has 0 aliphatic carbocycles. The topological polar surface area (TPSA) is 59.9 Å². The van der Waals surface area contributed by atoms with Crippen molar-refractivity contribution in [1.29, 1.82) is 0 Å². The standard InChI is InChI=1S/C19H16Br2N2O3/c1-3-10-25-17-9-8-15(20)11-14(17)12-22-23-19(24)13(2)26-18-7-5-4-6-16(18)21/h1,4-9,11-13H,10H2,2H3,(H,23,24)/b22-12-/t13-/m1/s1. The minimum absolute atomic E-state index is 0.145. The molecule has 0 heterocycles. The smallest absolute Gasteiger partial charge is 0.280 e. The predicted molar refractivity (Wildman–Crippen MR) is 108 cm³/mol. The van der Waals surface area contributed by atoms with Gasteiger partial charge in [-0.05, 0) is 53.2 Å². The highest BCUT2D eigenvalue weighted by Gasteiger charge is 2.15. The molecule has 26 heavy (non-hydrogen) atoms. The third kappa shape index (κ3) is 5.90. The van der Waals surface area contributed by atoms with Crippen LogP contribution in [0.4, 0.5) is 0 Å². The average Bonchev–Trinajstić information content (AvgIpc) is 2.62. The Morgan fingerprint density at radius 3 is 2.81 bits per heavy atom. The Labute approximate surface area is 169 Å². The van der Waals surface area contributed by atoms with E-state index < -0.39 is 6.10 Å². The summed E-state index contributed by atoms with van der Waals surface area (Å²) >= 11 is 6.76. The van der Waals surface area contributed by atoms with Crippen molar-refractivity contribution in [3.8, 4) is 23.8 Å². The van der Waals surface area contributed by atoms with Crippen LogP contribution in [0.2, 0.25) is 0 Å². The molecular formula is C19H16Br2N2O3. The number of nitrogens with zero attached hydrogens (tertiary/aromatic N) is 1. The second-order valence-electron chi connectivity index (χ2n) is 5.10. The van der Waals surface area contributed by atoms with Gasteiger partial charge in [0.2, 0.25) is 0 Å². The second-order valence-corrected chi connectivity index (χ2v) is 6.87. The maximum Gasteiger partial charge on any atom is 0.280 e. The molecule has 0 radical (unpaired) electrons. The van der Waals surface area contributed by atoms with Gasteiger partial charge in [-0.3, -0.25) is 4.79 Å². The predicted octanol–water partition coefficient (Wildman–Crippen LogP) is 4.14. The molecule has 0 aromatic heterocycles. The first kappa shape index (κ1) is 20.0. The Morgan fingerprint density at radius 2 is 2.08 bits per heavy atom. The van der Waals surface area contributed by atoms with Crippen LogP contribution in [-0.2, 0) is 4.79 Å². The van der Waals surface area contributed by atoms with Crippen LogP contribution in [0.15, 0.2) is 56.5 Å². The van der Waals surface area contributed by atoms with Gasteiger partial charge in [0.05, 0.1) is 10.7 Å². The van der Waals surface area contributed by atoms with E-state index in [1.165, 1.54) is 6.21 Å². The first-order chi connectivity index (χ1) is 12.5. The van der Waals surface area contributed by atoms with E-state index in [0.29, 0.717) is 17.1 Å². The summed E-state index contributed by atoms with van der Waals surface area (Å²) in [7, 11) is 0. The molecule has 2 rings (SSSR count). The molecule has 1 N–H and O–H groups in total. The molecule has 0 unspecified atom stereocenters. The molecule has 7 heteroatoms. The van der Waals surface area contributed by atoms with Crippen LogP contribution in [0.1, 0.15) is 12.5 Å². The van der Waals surface area contributed by atoms with Crippen molar-refractivity contribution in [2.45, 2.75) is 13.0 Å². The molecule has 134 valence electrons. The van der Waals surface area contributed by atoms with Crippen LogP contribution in [-0.4, -0.2) is 24.8 Å². The number of hydrazone groups is 1. The van der Waals surface area contributed by atoms with E-state index in [2.05, 4.69) is 48.3 Å². The summed E-state index contributed by atoms with van der Waals surface area (Å²) in [6.45, 7) is 1.79. The monoisotopic (exact) mass is 478 g/mol. The van der Waals surface area contributed by atoms with Crippen LogP contribution in [0.3, 0.4) is 0 Å². The van der Waals surface area contributed by atoms with Crippen molar-refractivity contribution >= 4 is 44.0 Å². The fourth-order valence-electron chi connectivity index (χ4n) is 1.91. The summed E-state index contributed by atoms with van der Waals surface area (Å²) in [5.74, 6) is 3.18. The summed E-state index contributed by atoms with van der Waals surface area (Å²) < 4.78 is 12.7. The summed E-state index contributed by atoms with van der Waals surface area (Å²) in [5, 5.41) is 3.97. The summed E-state index contributed by atoms with van der Waals surface area (Å²) in [6.07, 6.45) is 5.98. The molecule has 0 bridgehead atoms. The highest BCUT2D eigenvalue weighted by Crippen LogP contribution is 2.25. The summed E-state index contributed by atoms with van der Waals surface area (Å²) in [5.41, 5.74) is 3.13. The zero-order valence-corrected chi connectivity index (χ0v) is 17.1. The molecule has 0 aliphatic rings. The molecule has 2 aromatic carbocycles. The maximum atomic E-state index is 12.1. The van der Waals surface area contributed by atoms with E-state index in [4.69, 9.17) is 15.9 Å². The third-order valence-electron chi connectivity index (χ3n) is 3.17. The lowest BCUT2D eigenvalue weighted by atomic mass is 10.2. The van der Waals surface area contributed by atoms with Gasteiger partial charge in [-0.25, -0.2) is 5.43 Å². The van der Waals surface area contributed by atoms with Crippen molar-refractivity contribution < 1.29 is 14.3 Å². The zero-order valence-electron chi connectivity index (χ0n) is 13.9. The number of para-hydroxylation sites is 1. The molecule has 5 nitrogen and oxygen atoms in total. The van der Waals surface area contributed by atoms with Crippen LogP contribution in [0, 0.1) is 12.3 Å². The van der Waals surface area contributed by atoms with E-state index in [9.17, 15) is 4.79 Å². The van der Waals surface area contributed by atoms with E-state index in [1.807, 2.05) is 30.3 Å². The van der Waals surface area contributed by atoms with Gasteiger partial charge in [0.1, 0.15) is 18.1 Å². The summed E-state index contributed by atoms with van der Waals surface area (Å²) in [4.78, 5) is 12.1. The maximum absolute atomic E-state index is 12.1. The van der Waals surface area contributed by atoms with Crippen LogP contribution >= 0.6 is 31.9 Å². The Morgan fingerprint density at radius 1 is 1.31 bits per heavy atom.